The molecule has 1 N–H and O–H groups in total. The van der Waals surface area contributed by atoms with Gasteiger partial charge >= 0.3 is 0 Å². The first kappa shape index (κ1) is 15.2. The van der Waals surface area contributed by atoms with Crippen LogP contribution >= 0.6 is 11.8 Å². The number of ether oxygens (including phenoxy) is 1. The second kappa shape index (κ2) is 5.83. The van der Waals surface area contributed by atoms with Crippen LogP contribution in [0.4, 0.5) is 0 Å². The summed E-state index contributed by atoms with van der Waals surface area (Å²) in [6.45, 7) is 2.49. The summed E-state index contributed by atoms with van der Waals surface area (Å²) in [5, 5.41) is 2.94. The maximum atomic E-state index is 12.5. The van der Waals surface area contributed by atoms with Crippen molar-refractivity contribution in [1.82, 2.24) is 10.2 Å². The van der Waals surface area contributed by atoms with Crippen molar-refractivity contribution < 1.29 is 14.3 Å². The molecule has 0 saturated carbocycles. The van der Waals surface area contributed by atoms with E-state index < -0.39 is 0 Å². The fourth-order valence-electron chi connectivity index (χ4n) is 3.10. The minimum Gasteiger partial charge on any atom is -0.497 e. The Hall–Kier alpha value is -1.69. The first-order valence-electron chi connectivity index (χ1n) is 7.40. The molecule has 1 aromatic carbocycles. The predicted molar refractivity (Wildman–Crippen MR) is 85.6 cm³/mol. The van der Waals surface area contributed by atoms with Crippen LogP contribution in [-0.4, -0.2) is 40.5 Å². The third kappa shape index (κ3) is 2.67. The van der Waals surface area contributed by atoms with Crippen LogP contribution in [0.15, 0.2) is 24.3 Å². The minimum absolute atomic E-state index is 0.0747. The normalized spacial score (nSPS) is 26.9. The molecule has 0 radical (unpaired) electrons. The highest BCUT2D eigenvalue weighted by molar-refractivity contribution is 8.01. The van der Waals surface area contributed by atoms with Crippen molar-refractivity contribution >= 4 is 23.6 Å². The number of hydrogen-bond acceptors (Lipinski definition) is 4. The van der Waals surface area contributed by atoms with E-state index >= 15 is 0 Å². The predicted octanol–water partition coefficient (Wildman–Crippen LogP) is 1.77. The number of rotatable bonds is 4. The molecule has 6 heteroatoms. The molecule has 2 atom stereocenters. The zero-order valence-electron chi connectivity index (χ0n) is 12.8. The van der Waals surface area contributed by atoms with Crippen LogP contribution in [0, 0.1) is 0 Å². The Balaban J connectivity index is 1.64. The first-order valence-corrected chi connectivity index (χ1v) is 8.39. The zero-order valence-corrected chi connectivity index (χ0v) is 13.6. The molecule has 1 aromatic rings. The molecule has 2 fully saturated rings. The van der Waals surface area contributed by atoms with Gasteiger partial charge in [0.05, 0.1) is 12.0 Å². The number of benzene rings is 1. The van der Waals surface area contributed by atoms with Gasteiger partial charge in [0.15, 0.2) is 0 Å². The molecular weight excluding hydrogens is 300 g/mol. The maximum Gasteiger partial charge on any atom is 0.243 e. The van der Waals surface area contributed by atoms with Gasteiger partial charge in [0.2, 0.25) is 11.8 Å². The van der Waals surface area contributed by atoms with E-state index in [1.807, 2.05) is 24.3 Å². The van der Waals surface area contributed by atoms with E-state index in [-0.39, 0.29) is 22.7 Å². The molecule has 22 heavy (non-hydrogen) atoms. The van der Waals surface area contributed by atoms with E-state index in [1.54, 1.807) is 23.8 Å². The summed E-state index contributed by atoms with van der Waals surface area (Å²) in [5.74, 6) is 1.46. The van der Waals surface area contributed by atoms with Crippen LogP contribution in [0.5, 0.6) is 5.75 Å². The van der Waals surface area contributed by atoms with Gasteiger partial charge in [-0.25, -0.2) is 0 Å². The average Bonchev–Trinajstić information content (AvgIpc) is 3.02. The zero-order chi connectivity index (χ0) is 15.7. The number of carbonyl (C=O) groups is 2. The van der Waals surface area contributed by atoms with E-state index in [2.05, 4.69) is 12.2 Å². The van der Waals surface area contributed by atoms with E-state index in [1.165, 1.54) is 0 Å². The third-order valence-electron chi connectivity index (χ3n) is 4.35. The summed E-state index contributed by atoms with van der Waals surface area (Å²) in [4.78, 5) is 26.1. The summed E-state index contributed by atoms with van der Waals surface area (Å²) < 4.78 is 5.18. The second-order valence-electron chi connectivity index (χ2n) is 5.83. The molecule has 0 unspecified atom stereocenters. The van der Waals surface area contributed by atoms with Gasteiger partial charge in [0.25, 0.3) is 0 Å². The molecule has 118 valence electrons. The summed E-state index contributed by atoms with van der Waals surface area (Å²) in [5.41, 5.74) is 0.980. The Morgan fingerprint density at radius 3 is 3.14 bits per heavy atom. The molecule has 2 aliphatic heterocycles. The maximum absolute atomic E-state index is 12.5. The number of amides is 2. The fraction of sp³-hybridized carbons (Fsp3) is 0.500. The van der Waals surface area contributed by atoms with Gasteiger partial charge in [0.1, 0.15) is 11.8 Å². The van der Waals surface area contributed by atoms with Gasteiger partial charge in [-0.2, -0.15) is 0 Å². The van der Waals surface area contributed by atoms with E-state index in [4.69, 9.17) is 4.74 Å². The van der Waals surface area contributed by atoms with Gasteiger partial charge in [0, 0.05) is 18.7 Å². The van der Waals surface area contributed by atoms with Crippen molar-refractivity contribution in [2.45, 2.75) is 37.2 Å². The molecule has 3 rings (SSSR count). The molecule has 0 aromatic heterocycles. The van der Waals surface area contributed by atoms with E-state index in [0.29, 0.717) is 18.7 Å². The summed E-state index contributed by atoms with van der Waals surface area (Å²) >= 11 is 1.71. The molecule has 0 spiro atoms. The number of hydrogen-bond donors (Lipinski definition) is 1. The van der Waals surface area contributed by atoms with Crippen LogP contribution in [-0.2, 0) is 16.1 Å². The largest absolute Gasteiger partial charge is 0.497 e. The van der Waals surface area contributed by atoms with Crippen LogP contribution < -0.4 is 10.1 Å². The second-order valence-corrected chi connectivity index (χ2v) is 7.34. The standard InChI is InChI=1S/C16H20N2O3S/c1-16-7-6-14(19)18(16)13(10-22-16)15(20)17-9-11-4-3-5-12(8-11)21-2/h3-5,8,13H,6-7,9-10H2,1-2H3,(H,17,20)/t13-,16-/m0/s1. The molecule has 2 heterocycles. The minimum atomic E-state index is -0.351. The summed E-state index contributed by atoms with van der Waals surface area (Å²) in [6, 6.07) is 7.25. The quantitative estimate of drug-likeness (QED) is 0.918. The van der Waals surface area contributed by atoms with Crippen LogP contribution in [0.2, 0.25) is 0 Å². The van der Waals surface area contributed by atoms with Crippen LogP contribution in [0.25, 0.3) is 0 Å². The lowest BCUT2D eigenvalue weighted by Crippen LogP contribution is -2.49. The van der Waals surface area contributed by atoms with Gasteiger partial charge < -0.3 is 15.0 Å². The van der Waals surface area contributed by atoms with Gasteiger partial charge in [-0.3, -0.25) is 9.59 Å². The number of carbonyl (C=O) groups excluding carboxylic acids is 2. The lowest BCUT2D eigenvalue weighted by molar-refractivity contribution is -0.138. The molecule has 2 saturated heterocycles. The molecule has 2 aliphatic rings. The fourth-order valence-corrected chi connectivity index (χ4v) is 4.54. The number of nitrogens with one attached hydrogen (secondary N) is 1. The smallest absolute Gasteiger partial charge is 0.243 e. The Kier molecular flexibility index (Phi) is 4.04. The number of methoxy groups -OCH3 is 1. The Morgan fingerprint density at radius 1 is 1.55 bits per heavy atom. The van der Waals surface area contributed by atoms with Crippen molar-refractivity contribution in [2.24, 2.45) is 0 Å². The van der Waals surface area contributed by atoms with Gasteiger partial charge in [-0.05, 0) is 31.0 Å². The van der Waals surface area contributed by atoms with Crippen molar-refractivity contribution in [1.29, 1.82) is 0 Å². The molecule has 5 nitrogen and oxygen atoms in total. The van der Waals surface area contributed by atoms with Gasteiger partial charge in [-0.1, -0.05) is 12.1 Å². The first-order chi connectivity index (χ1) is 10.5. The molecule has 0 bridgehead atoms. The van der Waals surface area contributed by atoms with Crippen LogP contribution in [0.1, 0.15) is 25.3 Å². The highest BCUT2D eigenvalue weighted by atomic mass is 32.2. The molecule has 0 aliphatic carbocycles. The van der Waals surface area contributed by atoms with E-state index in [0.717, 1.165) is 17.7 Å². The lowest BCUT2D eigenvalue weighted by atomic mass is 10.2. The van der Waals surface area contributed by atoms with Crippen molar-refractivity contribution in [3.05, 3.63) is 29.8 Å². The van der Waals surface area contributed by atoms with Crippen LogP contribution in [0.3, 0.4) is 0 Å². The van der Waals surface area contributed by atoms with Gasteiger partial charge in [-0.15, -0.1) is 11.8 Å². The number of nitrogens with zero attached hydrogens (tertiary/aromatic N) is 1. The highest BCUT2D eigenvalue weighted by Crippen LogP contribution is 2.47. The summed E-state index contributed by atoms with van der Waals surface area (Å²) in [7, 11) is 1.62. The Labute approximate surface area is 134 Å². The summed E-state index contributed by atoms with van der Waals surface area (Å²) in [6.07, 6.45) is 1.37. The Bertz CT molecular complexity index is 607. The van der Waals surface area contributed by atoms with E-state index in [9.17, 15) is 9.59 Å². The third-order valence-corrected chi connectivity index (χ3v) is 5.85. The number of thioether (sulfide) groups is 1. The Morgan fingerprint density at radius 2 is 2.36 bits per heavy atom. The highest BCUT2D eigenvalue weighted by Gasteiger charge is 2.52. The monoisotopic (exact) mass is 320 g/mol. The SMILES string of the molecule is COc1cccc(CNC(=O)[C@@H]2CS[C@@]3(C)CCC(=O)N23)c1. The van der Waals surface area contributed by atoms with Crippen molar-refractivity contribution in [3.8, 4) is 5.75 Å². The lowest BCUT2D eigenvalue weighted by Gasteiger charge is -2.29. The molecule has 2 amide bonds. The topological polar surface area (TPSA) is 58.6 Å². The number of fused-ring (bicyclic) bond motifs is 1. The molecular formula is C16H20N2O3S. The van der Waals surface area contributed by atoms with Crippen molar-refractivity contribution in [2.75, 3.05) is 12.9 Å². The average molecular weight is 320 g/mol. The van der Waals surface area contributed by atoms with Crippen molar-refractivity contribution in [3.63, 3.8) is 0 Å².